The third-order valence-electron chi connectivity index (χ3n) is 5.28. The van der Waals surface area contributed by atoms with Gasteiger partial charge in [-0.2, -0.15) is 0 Å². The maximum Gasteiger partial charge on any atom is 0.224 e. The molecule has 1 heterocycles. The molecule has 1 aliphatic heterocycles. The van der Waals surface area contributed by atoms with Crippen molar-refractivity contribution in [1.29, 1.82) is 0 Å². The molecule has 2 amide bonds. The number of ether oxygens (including phenoxy) is 1. The third-order valence-corrected chi connectivity index (χ3v) is 5.28. The molecule has 154 valence electrons. The number of carbonyl (C=O) groups is 2. The fraction of sp³-hybridized carbons (Fsp3) is 0.391. The van der Waals surface area contributed by atoms with E-state index in [4.69, 9.17) is 4.74 Å². The molecule has 6 nitrogen and oxygen atoms in total. The molecule has 2 aromatic rings. The zero-order valence-corrected chi connectivity index (χ0v) is 17.2. The zero-order valence-electron chi connectivity index (χ0n) is 17.2. The quantitative estimate of drug-likeness (QED) is 0.697. The van der Waals surface area contributed by atoms with E-state index in [-0.39, 0.29) is 5.91 Å². The number of hydrogen-bond acceptors (Lipinski definition) is 4. The second-order valence-electron chi connectivity index (χ2n) is 7.40. The van der Waals surface area contributed by atoms with Crippen LogP contribution >= 0.6 is 0 Å². The molecule has 1 fully saturated rings. The smallest absolute Gasteiger partial charge is 0.224 e. The van der Waals surface area contributed by atoms with Gasteiger partial charge in [-0.05, 0) is 43.5 Å². The number of benzene rings is 2. The molecule has 2 aromatic carbocycles. The first kappa shape index (κ1) is 20.7. The Balaban J connectivity index is 1.57. The lowest BCUT2D eigenvalue weighted by Gasteiger charge is -2.34. The summed E-state index contributed by atoms with van der Waals surface area (Å²) in [5, 5.41) is 3.00. The van der Waals surface area contributed by atoms with Crippen LogP contribution in [0.5, 0.6) is 5.75 Å². The number of nitrogens with zero attached hydrogens (tertiary/aromatic N) is 2. The number of anilines is 2. The highest BCUT2D eigenvalue weighted by Gasteiger charge is 2.17. The van der Waals surface area contributed by atoms with Gasteiger partial charge < -0.3 is 19.9 Å². The third kappa shape index (κ3) is 5.73. The van der Waals surface area contributed by atoms with Gasteiger partial charge in [-0.1, -0.05) is 29.8 Å². The fourth-order valence-electron chi connectivity index (χ4n) is 3.50. The molecular formula is C23H29N3O3. The minimum absolute atomic E-state index is 0.0154. The van der Waals surface area contributed by atoms with Crippen LogP contribution in [-0.2, 0) is 16.0 Å². The first-order valence-electron chi connectivity index (χ1n) is 10.1. The van der Waals surface area contributed by atoms with Gasteiger partial charge in [-0.3, -0.25) is 9.59 Å². The molecule has 0 aliphatic carbocycles. The van der Waals surface area contributed by atoms with Crippen LogP contribution in [0.15, 0.2) is 42.5 Å². The van der Waals surface area contributed by atoms with Crippen molar-refractivity contribution in [2.75, 3.05) is 43.5 Å². The van der Waals surface area contributed by atoms with Gasteiger partial charge in [0.05, 0.1) is 12.8 Å². The Morgan fingerprint density at radius 2 is 1.83 bits per heavy atom. The predicted molar refractivity (Wildman–Crippen MR) is 116 cm³/mol. The minimum atomic E-state index is -0.0154. The Kier molecular flexibility index (Phi) is 7.11. The molecule has 1 N–H and O–H groups in total. The van der Waals surface area contributed by atoms with Crippen LogP contribution in [-0.4, -0.2) is 50.5 Å². The summed E-state index contributed by atoms with van der Waals surface area (Å²) >= 11 is 0. The van der Waals surface area contributed by atoms with Crippen LogP contribution < -0.4 is 15.0 Å². The summed E-state index contributed by atoms with van der Waals surface area (Å²) in [6.07, 6.45) is 3.03. The van der Waals surface area contributed by atoms with Crippen molar-refractivity contribution < 1.29 is 14.3 Å². The van der Waals surface area contributed by atoms with Gasteiger partial charge in [0.1, 0.15) is 5.75 Å². The van der Waals surface area contributed by atoms with E-state index >= 15 is 0 Å². The van der Waals surface area contributed by atoms with Crippen molar-refractivity contribution >= 4 is 23.7 Å². The molecule has 29 heavy (non-hydrogen) atoms. The molecule has 6 heteroatoms. The zero-order chi connectivity index (χ0) is 20.6. The Morgan fingerprint density at radius 3 is 2.48 bits per heavy atom. The number of amides is 2. The van der Waals surface area contributed by atoms with Crippen LogP contribution in [0.2, 0.25) is 0 Å². The number of hydrogen-bond donors (Lipinski definition) is 1. The van der Waals surface area contributed by atoms with Crippen molar-refractivity contribution in [2.24, 2.45) is 0 Å². The average Bonchev–Trinajstić information content (AvgIpc) is 2.75. The molecular weight excluding hydrogens is 366 g/mol. The lowest BCUT2D eigenvalue weighted by atomic mass is 10.1. The Labute approximate surface area is 172 Å². The molecule has 1 saturated heterocycles. The van der Waals surface area contributed by atoms with E-state index in [2.05, 4.69) is 41.4 Å². The van der Waals surface area contributed by atoms with Crippen LogP contribution in [0, 0.1) is 6.92 Å². The first-order valence-corrected chi connectivity index (χ1v) is 10.1. The minimum Gasteiger partial charge on any atom is -0.495 e. The molecule has 0 spiro atoms. The van der Waals surface area contributed by atoms with Crippen molar-refractivity contribution in [3.05, 3.63) is 53.6 Å². The summed E-state index contributed by atoms with van der Waals surface area (Å²) in [5.74, 6) is 0.630. The van der Waals surface area contributed by atoms with Gasteiger partial charge in [0.15, 0.2) is 0 Å². The number of rotatable bonds is 8. The normalized spacial score (nSPS) is 13.9. The van der Waals surface area contributed by atoms with E-state index < -0.39 is 0 Å². The number of piperazine rings is 1. The van der Waals surface area contributed by atoms with E-state index in [1.807, 2.05) is 18.2 Å². The van der Waals surface area contributed by atoms with Crippen LogP contribution in [0.25, 0.3) is 0 Å². The van der Waals surface area contributed by atoms with Crippen LogP contribution in [0.4, 0.5) is 11.4 Å². The Morgan fingerprint density at radius 1 is 1.10 bits per heavy atom. The molecule has 0 saturated carbocycles. The highest BCUT2D eigenvalue weighted by molar-refractivity contribution is 5.93. The average molecular weight is 396 g/mol. The Bertz CT molecular complexity index is 828. The van der Waals surface area contributed by atoms with Crippen LogP contribution in [0.1, 0.15) is 24.0 Å². The maximum atomic E-state index is 12.5. The SMILES string of the molecule is COc1ccc(N2CCN(C=O)CC2)cc1NC(=O)CCCc1ccc(C)cc1. The number of nitrogens with one attached hydrogen (secondary N) is 1. The highest BCUT2D eigenvalue weighted by atomic mass is 16.5. The predicted octanol–water partition coefficient (Wildman–Crippen LogP) is 3.24. The monoisotopic (exact) mass is 395 g/mol. The largest absolute Gasteiger partial charge is 0.495 e. The van der Waals surface area contributed by atoms with Gasteiger partial charge >= 0.3 is 0 Å². The number of carbonyl (C=O) groups excluding carboxylic acids is 2. The van der Waals surface area contributed by atoms with E-state index in [1.54, 1.807) is 12.0 Å². The number of aryl methyl sites for hydroxylation is 2. The van der Waals surface area contributed by atoms with Crippen molar-refractivity contribution in [3.8, 4) is 5.75 Å². The van der Waals surface area contributed by atoms with E-state index in [0.717, 1.165) is 38.0 Å². The van der Waals surface area contributed by atoms with Gasteiger partial charge in [-0.15, -0.1) is 0 Å². The molecule has 3 rings (SSSR count). The molecule has 1 aliphatic rings. The molecule has 0 radical (unpaired) electrons. The summed E-state index contributed by atoms with van der Waals surface area (Å²) < 4.78 is 5.42. The van der Waals surface area contributed by atoms with Crippen molar-refractivity contribution in [2.45, 2.75) is 26.2 Å². The second-order valence-corrected chi connectivity index (χ2v) is 7.40. The summed E-state index contributed by atoms with van der Waals surface area (Å²) in [6, 6.07) is 14.2. The van der Waals surface area contributed by atoms with Gasteiger partial charge in [-0.25, -0.2) is 0 Å². The van der Waals surface area contributed by atoms with Crippen molar-refractivity contribution in [1.82, 2.24) is 4.90 Å². The topological polar surface area (TPSA) is 61.9 Å². The van der Waals surface area contributed by atoms with Gasteiger partial charge in [0.2, 0.25) is 12.3 Å². The second kappa shape index (κ2) is 9.96. The van der Waals surface area contributed by atoms with Crippen LogP contribution in [0.3, 0.4) is 0 Å². The van der Waals surface area contributed by atoms with E-state index in [1.165, 1.54) is 11.1 Å². The number of methoxy groups -OCH3 is 1. The summed E-state index contributed by atoms with van der Waals surface area (Å²) in [4.78, 5) is 27.4. The lowest BCUT2D eigenvalue weighted by molar-refractivity contribution is -0.118. The van der Waals surface area contributed by atoms with Gasteiger partial charge in [0.25, 0.3) is 0 Å². The highest BCUT2D eigenvalue weighted by Crippen LogP contribution is 2.30. The Hall–Kier alpha value is -3.02. The molecule has 0 bridgehead atoms. The molecule has 0 unspecified atom stereocenters. The summed E-state index contributed by atoms with van der Waals surface area (Å²) in [6.45, 7) is 5.03. The van der Waals surface area contributed by atoms with E-state index in [0.29, 0.717) is 30.9 Å². The molecule has 0 atom stereocenters. The first-order chi connectivity index (χ1) is 14.1. The maximum absolute atomic E-state index is 12.5. The summed E-state index contributed by atoms with van der Waals surface area (Å²) in [5.41, 5.74) is 4.19. The van der Waals surface area contributed by atoms with Crippen molar-refractivity contribution in [3.63, 3.8) is 0 Å². The summed E-state index contributed by atoms with van der Waals surface area (Å²) in [7, 11) is 1.60. The molecule has 0 aromatic heterocycles. The van der Waals surface area contributed by atoms with E-state index in [9.17, 15) is 9.59 Å². The standard InChI is InChI=1S/C23H29N3O3/c1-18-6-8-19(9-7-18)4-3-5-23(28)24-21-16-20(10-11-22(21)29-2)26-14-12-25(17-27)13-15-26/h6-11,16-17H,3-5,12-15H2,1-2H3,(H,24,28). The fourth-order valence-corrected chi connectivity index (χ4v) is 3.50. The lowest BCUT2D eigenvalue weighted by Crippen LogP contribution is -2.45. The van der Waals surface area contributed by atoms with Gasteiger partial charge in [0, 0.05) is 38.3 Å².